The molecule has 0 aliphatic heterocycles. The third-order valence-corrected chi connectivity index (χ3v) is 6.19. The van der Waals surface area contributed by atoms with Crippen LogP contribution < -0.4 is 15.6 Å². The monoisotopic (exact) mass is 341 g/mol. The predicted octanol–water partition coefficient (Wildman–Crippen LogP) is 2.20. The first-order valence-corrected chi connectivity index (χ1v) is 9.70. The standard InChI is InChI=1S/C16H27N3O3S/c1-12(2)23(21,22)19-15-5-3-13(4-6-15)11-17-18-14-7-9-16(20)10-8-14/h7-10,12-13,15,17-20H,3-6,11H2,1-2H3. The molecule has 0 radical (unpaired) electrons. The van der Waals surface area contributed by atoms with E-state index in [-0.39, 0.29) is 17.0 Å². The molecule has 7 heteroatoms. The van der Waals surface area contributed by atoms with Gasteiger partial charge >= 0.3 is 0 Å². The summed E-state index contributed by atoms with van der Waals surface area (Å²) in [7, 11) is -3.17. The van der Waals surface area contributed by atoms with Crippen molar-refractivity contribution in [1.29, 1.82) is 0 Å². The zero-order valence-electron chi connectivity index (χ0n) is 13.7. The smallest absolute Gasteiger partial charge is 0.214 e. The molecule has 4 N–H and O–H groups in total. The molecular formula is C16H27N3O3S. The molecule has 0 spiro atoms. The first-order valence-electron chi connectivity index (χ1n) is 8.16. The number of anilines is 1. The summed E-state index contributed by atoms with van der Waals surface area (Å²) < 4.78 is 26.6. The third kappa shape index (κ3) is 5.67. The number of phenols is 1. The lowest BCUT2D eigenvalue weighted by molar-refractivity contribution is 0.307. The molecule has 130 valence electrons. The van der Waals surface area contributed by atoms with E-state index >= 15 is 0 Å². The van der Waals surface area contributed by atoms with Crippen molar-refractivity contribution in [3.63, 3.8) is 0 Å². The molecule has 0 aromatic heterocycles. The minimum absolute atomic E-state index is 0.0729. The molecule has 23 heavy (non-hydrogen) atoms. The number of hydrogen-bond acceptors (Lipinski definition) is 5. The molecule has 0 saturated heterocycles. The van der Waals surface area contributed by atoms with Crippen molar-refractivity contribution in [2.75, 3.05) is 12.0 Å². The molecule has 1 aliphatic rings. The molecular weight excluding hydrogens is 314 g/mol. The van der Waals surface area contributed by atoms with E-state index < -0.39 is 10.0 Å². The summed E-state index contributed by atoms with van der Waals surface area (Å²) in [5, 5.41) is 8.85. The molecule has 0 unspecified atom stereocenters. The topological polar surface area (TPSA) is 90.5 Å². The van der Waals surface area contributed by atoms with E-state index in [1.807, 2.05) is 0 Å². The lowest BCUT2D eigenvalue weighted by Crippen LogP contribution is -2.42. The van der Waals surface area contributed by atoms with Crippen LogP contribution in [0.15, 0.2) is 24.3 Å². The normalized spacial score (nSPS) is 22.2. The van der Waals surface area contributed by atoms with Gasteiger partial charge in [0.25, 0.3) is 0 Å². The Hall–Kier alpha value is -1.31. The maximum Gasteiger partial charge on any atom is 0.214 e. The number of benzene rings is 1. The summed E-state index contributed by atoms with van der Waals surface area (Å²) in [6.45, 7) is 4.24. The number of hydrazine groups is 1. The van der Waals surface area contributed by atoms with Crippen LogP contribution >= 0.6 is 0 Å². The van der Waals surface area contributed by atoms with Gasteiger partial charge in [-0.2, -0.15) is 0 Å². The van der Waals surface area contributed by atoms with Crippen LogP contribution in [-0.2, 0) is 10.0 Å². The molecule has 1 aliphatic carbocycles. The van der Waals surface area contributed by atoms with Gasteiger partial charge in [-0.1, -0.05) is 0 Å². The lowest BCUT2D eigenvalue weighted by Gasteiger charge is -2.29. The molecule has 1 aromatic rings. The second-order valence-electron chi connectivity index (χ2n) is 6.48. The Labute approximate surface area is 138 Å². The van der Waals surface area contributed by atoms with Gasteiger partial charge in [-0.3, -0.25) is 0 Å². The summed E-state index contributed by atoms with van der Waals surface area (Å²) >= 11 is 0. The zero-order chi connectivity index (χ0) is 16.9. The first-order chi connectivity index (χ1) is 10.9. The fraction of sp³-hybridized carbons (Fsp3) is 0.625. The zero-order valence-corrected chi connectivity index (χ0v) is 14.6. The Bertz CT molecular complexity index is 579. The van der Waals surface area contributed by atoms with Gasteiger partial charge in [-0.25, -0.2) is 18.6 Å². The number of aromatic hydroxyl groups is 1. The largest absolute Gasteiger partial charge is 0.508 e. The Morgan fingerprint density at radius 3 is 2.30 bits per heavy atom. The molecule has 0 heterocycles. The van der Waals surface area contributed by atoms with Crippen molar-refractivity contribution in [3.05, 3.63) is 24.3 Å². The van der Waals surface area contributed by atoms with Gasteiger partial charge in [0.15, 0.2) is 0 Å². The predicted molar refractivity (Wildman–Crippen MR) is 92.7 cm³/mol. The molecule has 0 bridgehead atoms. The van der Waals surface area contributed by atoms with Gasteiger partial charge in [0.05, 0.1) is 5.25 Å². The second-order valence-corrected chi connectivity index (χ2v) is 8.75. The van der Waals surface area contributed by atoms with Crippen molar-refractivity contribution >= 4 is 15.7 Å². The molecule has 1 saturated carbocycles. The minimum Gasteiger partial charge on any atom is -0.508 e. The van der Waals surface area contributed by atoms with Crippen LogP contribution in [0.4, 0.5) is 5.69 Å². The quantitative estimate of drug-likeness (QED) is 0.451. The van der Waals surface area contributed by atoms with Crippen molar-refractivity contribution < 1.29 is 13.5 Å². The van der Waals surface area contributed by atoms with Gasteiger partial charge in [-0.05, 0) is 69.7 Å². The van der Waals surface area contributed by atoms with E-state index in [9.17, 15) is 13.5 Å². The van der Waals surface area contributed by atoms with Gasteiger partial charge in [0.1, 0.15) is 5.75 Å². The van der Waals surface area contributed by atoms with E-state index in [1.165, 1.54) is 0 Å². The highest BCUT2D eigenvalue weighted by molar-refractivity contribution is 7.90. The van der Waals surface area contributed by atoms with E-state index in [1.54, 1.807) is 38.1 Å². The SMILES string of the molecule is CC(C)S(=O)(=O)NC1CCC(CNNc2ccc(O)cc2)CC1. The summed E-state index contributed by atoms with van der Waals surface area (Å²) in [4.78, 5) is 0. The van der Waals surface area contributed by atoms with Crippen LogP contribution in [0.3, 0.4) is 0 Å². The van der Waals surface area contributed by atoms with Crippen molar-refractivity contribution in [2.24, 2.45) is 5.92 Å². The van der Waals surface area contributed by atoms with Crippen LogP contribution in [0, 0.1) is 5.92 Å². The van der Waals surface area contributed by atoms with Crippen LogP contribution in [0.5, 0.6) is 5.75 Å². The Morgan fingerprint density at radius 2 is 1.74 bits per heavy atom. The van der Waals surface area contributed by atoms with Gasteiger partial charge in [-0.15, -0.1) is 0 Å². The average molecular weight is 341 g/mol. The fourth-order valence-corrected chi connectivity index (χ4v) is 3.67. The second kappa shape index (κ2) is 7.99. The van der Waals surface area contributed by atoms with Gasteiger partial charge < -0.3 is 10.5 Å². The van der Waals surface area contributed by atoms with Crippen molar-refractivity contribution in [1.82, 2.24) is 10.1 Å². The summed E-state index contributed by atoms with van der Waals surface area (Å²) in [6, 6.07) is 6.95. The molecule has 2 rings (SSSR count). The molecule has 6 nitrogen and oxygen atoms in total. The Balaban J connectivity index is 1.68. The van der Waals surface area contributed by atoms with Gasteiger partial charge in [0.2, 0.25) is 10.0 Å². The number of phenolic OH excluding ortho intramolecular Hbond substituents is 1. The van der Waals surface area contributed by atoms with Gasteiger partial charge in [0, 0.05) is 18.3 Å². The highest BCUT2D eigenvalue weighted by Crippen LogP contribution is 2.24. The van der Waals surface area contributed by atoms with E-state index in [2.05, 4.69) is 15.6 Å². The van der Waals surface area contributed by atoms with Crippen LogP contribution in [0.25, 0.3) is 0 Å². The third-order valence-electron chi connectivity index (χ3n) is 4.29. The van der Waals surface area contributed by atoms with Crippen LogP contribution in [0.1, 0.15) is 39.5 Å². The maximum atomic E-state index is 11.9. The van der Waals surface area contributed by atoms with Crippen LogP contribution in [0.2, 0.25) is 0 Å². The number of sulfonamides is 1. The van der Waals surface area contributed by atoms with Crippen LogP contribution in [-0.4, -0.2) is 31.4 Å². The minimum atomic E-state index is -3.17. The molecule has 1 aromatic carbocycles. The Kier molecular flexibility index (Phi) is 6.26. The van der Waals surface area contributed by atoms with E-state index in [4.69, 9.17) is 0 Å². The molecule has 0 amide bonds. The first kappa shape index (κ1) is 18.0. The highest BCUT2D eigenvalue weighted by Gasteiger charge is 2.26. The maximum absolute atomic E-state index is 11.9. The summed E-state index contributed by atoms with van der Waals surface area (Å²) in [5.74, 6) is 0.789. The Morgan fingerprint density at radius 1 is 1.13 bits per heavy atom. The highest BCUT2D eigenvalue weighted by atomic mass is 32.2. The van der Waals surface area contributed by atoms with E-state index in [0.717, 1.165) is 37.9 Å². The molecule has 1 fully saturated rings. The van der Waals surface area contributed by atoms with Crippen molar-refractivity contribution in [3.8, 4) is 5.75 Å². The lowest BCUT2D eigenvalue weighted by atomic mass is 9.86. The fourth-order valence-electron chi connectivity index (χ4n) is 2.70. The number of nitrogens with one attached hydrogen (secondary N) is 3. The van der Waals surface area contributed by atoms with Crippen molar-refractivity contribution in [2.45, 2.75) is 50.8 Å². The molecule has 0 atom stereocenters. The van der Waals surface area contributed by atoms with E-state index in [0.29, 0.717) is 5.92 Å². The average Bonchev–Trinajstić information content (AvgIpc) is 2.50. The summed E-state index contributed by atoms with van der Waals surface area (Å²) in [6.07, 6.45) is 3.79. The number of rotatable bonds is 7. The summed E-state index contributed by atoms with van der Waals surface area (Å²) in [5.41, 5.74) is 7.22. The number of hydrogen-bond donors (Lipinski definition) is 4.